The maximum Gasteiger partial charge on any atom is 0.386 e. The summed E-state index contributed by atoms with van der Waals surface area (Å²) >= 11 is 8.23. The van der Waals surface area contributed by atoms with Crippen LogP contribution in [0.5, 0.6) is 0 Å². The number of nitrogens with two attached hydrogens (primary N) is 1. The number of fused-ring (bicyclic) bond motifs is 5. The molecule has 2 bridgehead atoms. The number of thiol groups is 2. The zero-order chi connectivity index (χ0) is 51.9. The fourth-order valence-electron chi connectivity index (χ4n) is 7.71. The highest BCUT2D eigenvalue weighted by Gasteiger charge is 2.53. The summed E-state index contributed by atoms with van der Waals surface area (Å²) in [6.07, 6.45) is -6.04. The third-order valence-electron chi connectivity index (χ3n) is 11.2. The Morgan fingerprint density at radius 2 is 1.33 bits per heavy atom. The Morgan fingerprint density at radius 1 is 0.740 bits per heavy atom. The number of hydrogen-bond acceptors (Lipinski definition) is 25. The number of nitrogens with zero attached hydrogens (tertiary/aromatic N) is 8. The highest BCUT2D eigenvalue weighted by atomic mass is 32.7. The molecule has 398 valence electrons. The number of carbonyl (C=O) groups is 4. The fraction of sp³-hybridized carbons (Fsp3) is 0.579. The number of rotatable bonds is 21. The van der Waals surface area contributed by atoms with Gasteiger partial charge >= 0.3 is 13.6 Å². The molecule has 73 heavy (non-hydrogen) atoms. The van der Waals surface area contributed by atoms with Crippen LogP contribution in [0, 0.1) is 0 Å². The lowest BCUT2D eigenvalue weighted by atomic mass is 10.1. The van der Waals surface area contributed by atoms with E-state index in [9.17, 15) is 43.3 Å². The quantitative estimate of drug-likeness (QED) is 0.0210. The minimum absolute atomic E-state index is 0.00527. The van der Waals surface area contributed by atoms with Crippen LogP contribution in [0.2, 0.25) is 0 Å². The van der Waals surface area contributed by atoms with E-state index in [-0.39, 0.29) is 106 Å². The van der Waals surface area contributed by atoms with Gasteiger partial charge in [-0.15, -0.1) is 0 Å². The van der Waals surface area contributed by atoms with Crippen LogP contribution in [0.1, 0.15) is 25.3 Å². The van der Waals surface area contributed by atoms with E-state index in [1.54, 1.807) is 0 Å². The molecular formula is C38H50N12O19P2S2. The van der Waals surface area contributed by atoms with Crippen molar-refractivity contribution < 1.29 is 85.0 Å². The predicted molar refractivity (Wildman–Crippen MR) is 253 cm³/mol. The molecule has 4 aliphatic heterocycles. The number of aliphatic hydroxyl groups is 2. The molecule has 0 radical (unpaired) electrons. The van der Waals surface area contributed by atoms with Crippen molar-refractivity contribution in [2.75, 3.05) is 90.2 Å². The van der Waals surface area contributed by atoms with Crippen LogP contribution < -0.4 is 21.9 Å². The van der Waals surface area contributed by atoms with Crippen LogP contribution in [0.4, 0.5) is 11.8 Å². The first kappa shape index (κ1) is 54.5. The number of carbonyl (C=O) groups excluding carboxylic acids is 4. The highest BCUT2D eigenvalue weighted by Crippen LogP contribution is 2.60. The number of imidazole rings is 2. The lowest BCUT2D eigenvalue weighted by Crippen LogP contribution is -2.36. The largest absolute Gasteiger partial charge is 0.387 e. The minimum atomic E-state index is -4.50. The van der Waals surface area contributed by atoms with E-state index in [0.717, 1.165) is 29.7 Å². The molecule has 0 spiro atoms. The standard InChI is InChI=1S/C38H50N12O19P2S2/c39-38-46-34-27(35(57)47-38)44-19-50(34)36-29(56)30-21(67-36)16-65-71(59,73)69-31-28(55)20(15-64-70(58,72)68-30)66-37(31)49-18-43-26-32(41-17-42-33(26)49)45-23(52)4-7-60-9-11-62-13-14-63-12-10-61-8-5-40-22(51)3-6-48-24(53)1-2-25(48)54/h1-2,17-21,28-31,36-37,55-56H,3-16H2,(H,40,51)(H,58,72)(H,59,73)(H3,39,46,47,57)(H,41,42,45,52)/t20-,21-,28?,29?,30+,31+,36-,37-,70?,71?/m1/s1. The molecule has 0 aliphatic carbocycles. The molecule has 4 aromatic heterocycles. The first-order valence-corrected chi connectivity index (χ1v) is 27.7. The van der Waals surface area contributed by atoms with Crippen molar-refractivity contribution in [1.82, 2.24) is 49.3 Å². The molecule has 4 amide bonds. The zero-order valence-electron chi connectivity index (χ0n) is 38.2. The Bertz CT molecular complexity index is 2820. The van der Waals surface area contributed by atoms with Crippen molar-refractivity contribution in [2.45, 2.75) is 61.9 Å². The summed E-state index contributed by atoms with van der Waals surface area (Å²) in [7, 11) is 0. The SMILES string of the molecule is Nc1nc2c(ncn2[C@@H]2O[C@@H]3COP(=O)(S)O[C@H]4C(O)[C@@H](COP(=O)(S)O[C@@H]3C2O)O[C@H]4n2cnc3c(NC(=O)CCOCCOCCOCCOCCNC(=O)CCN4C(=O)C=CC4=O)ncnc32)c(=O)[nH]1. The predicted octanol–water partition coefficient (Wildman–Crippen LogP) is -1.22. The molecule has 8 heterocycles. The highest BCUT2D eigenvalue weighted by molar-refractivity contribution is 8.44. The number of aliphatic hydroxyl groups excluding tert-OH is 2. The number of nitrogen functional groups attached to an aromatic ring is 1. The van der Waals surface area contributed by atoms with Crippen molar-refractivity contribution in [3.63, 3.8) is 0 Å². The Balaban J connectivity index is 0.768. The van der Waals surface area contributed by atoms with E-state index in [1.807, 2.05) is 0 Å². The van der Waals surface area contributed by atoms with Crippen LogP contribution in [0.3, 0.4) is 0 Å². The van der Waals surface area contributed by atoms with Gasteiger partial charge in [0.2, 0.25) is 17.8 Å². The fourth-order valence-corrected chi connectivity index (χ4v) is 10.7. The van der Waals surface area contributed by atoms with Gasteiger partial charge in [-0.05, 0) is 0 Å². The molecule has 0 aromatic carbocycles. The number of aromatic amines is 1. The number of ether oxygens (including phenoxy) is 6. The van der Waals surface area contributed by atoms with Gasteiger partial charge < -0.3 is 55.0 Å². The van der Waals surface area contributed by atoms with Crippen molar-refractivity contribution >= 4 is 95.8 Å². The van der Waals surface area contributed by atoms with E-state index in [4.69, 9.17) is 52.2 Å². The summed E-state index contributed by atoms with van der Waals surface area (Å²) in [4.78, 5) is 84.5. The minimum Gasteiger partial charge on any atom is -0.387 e. The molecule has 3 fully saturated rings. The molecule has 4 unspecified atom stereocenters. The molecule has 35 heteroatoms. The van der Waals surface area contributed by atoms with Gasteiger partial charge in [-0.3, -0.25) is 61.1 Å². The summed E-state index contributed by atoms with van der Waals surface area (Å²) in [5.41, 5.74) is 5.05. The van der Waals surface area contributed by atoms with Crippen LogP contribution in [0.25, 0.3) is 22.3 Å². The van der Waals surface area contributed by atoms with E-state index in [1.165, 1.54) is 15.5 Å². The van der Waals surface area contributed by atoms with Gasteiger partial charge in [0.1, 0.15) is 43.0 Å². The van der Waals surface area contributed by atoms with Crippen LogP contribution in [-0.2, 0) is 74.8 Å². The number of H-pyrrole nitrogens is 1. The third kappa shape index (κ3) is 13.5. The second kappa shape index (κ2) is 24.3. The number of anilines is 2. The van der Waals surface area contributed by atoms with Gasteiger partial charge in [0.05, 0.1) is 85.1 Å². The van der Waals surface area contributed by atoms with Crippen molar-refractivity contribution in [1.29, 1.82) is 0 Å². The molecule has 4 aliphatic rings. The maximum absolute atomic E-state index is 13.9. The normalized spacial score (nSPS) is 28.6. The summed E-state index contributed by atoms with van der Waals surface area (Å²) < 4.78 is 86.6. The monoisotopic (exact) mass is 1100 g/mol. The molecule has 31 nitrogen and oxygen atoms in total. The molecular weight excluding hydrogens is 1050 g/mol. The van der Waals surface area contributed by atoms with Gasteiger partial charge in [-0.1, -0.05) is 24.5 Å². The lowest BCUT2D eigenvalue weighted by Gasteiger charge is -2.26. The second-order valence-electron chi connectivity index (χ2n) is 16.1. The van der Waals surface area contributed by atoms with Gasteiger partial charge in [0.25, 0.3) is 17.4 Å². The maximum atomic E-state index is 13.9. The van der Waals surface area contributed by atoms with Crippen LogP contribution in [-0.4, -0.2) is 194 Å². The van der Waals surface area contributed by atoms with Crippen molar-refractivity contribution in [3.05, 3.63) is 41.5 Å². The summed E-state index contributed by atoms with van der Waals surface area (Å²) in [5.74, 6) is -1.89. The lowest BCUT2D eigenvalue weighted by molar-refractivity contribution is -0.137. The average molecular weight is 1100 g/mol. The van der Waals surface area contributed by atoms with E-state index in [0.29, 0.717) is 13.2 Å². The number of nitrogens with one attached hydrogen (secondary N) is 3. The van der Waals surface area contributed by atoms with Gasteiger partial charge in [0.15, 0.2) is 40.6 Å². The van der Waals surface area contributed by atoms with E-state index >= 15 is 0 Å². The number of aromatic nitrogens is 8. The smallest absolute Gasteiger partial charge is 0.386 e. The molecule has 8 rings (SSSR count). The summed E-state index contributed by atoms with van der Waals surface area (Å²) in [6, 6.07) is 0. The van der Waals surface area contributed by atoms with Gasteiger partial charge in [-0.25, -0.2) is 29.1 Å². The van der Waals surface area contributed by atoms with Crippen LogP contribution in [0.15, 0.2) is 35.9 Å². The molecule has 4 aromatic rings. The number of hydrogen-bond donors (Lipinski definition) is 8. The van der Waals surface area contributed by atoms with Gasteiger partial charge in [-0.2, -0.15) is 4.98 Å². The van der Waals surface area contributed by atoms with E-state index in [2.05, 4.69) is 65.0 Å². The Morgan fingerprint density at radius 3 is 2.01 bits per heavy atom. The molecule has 10 atom stereocenters. The van der Waals surface area contributed by atoms with Gasteiger partial charge in [0, 0.05) is 31.7 Å². The Kier molecular flexibility index (Phi) is 18.1. The zero-order valence-corrected chi connectivity index (χ0v) is 41.8. The number of imide groups is 1. The van der Waals surface area contributed by atoms with Crippen molar-refractivity contribution in [2.24, 2.45) is 0 Å². The third-order valence-corrected chi connectivity index (χ3v) is 14.4. The van der Waals surface area contributed by atoms with E-state index < -0.39 is 99.2 Å². The Labute approximate surface area is 422 Å². The average Bonchev–Trinajstić information content (AvgIpc) is 4.17. The molecule has 3 saturated heterocycles. The molecule has 7 N–H and O–H groups in total. The topological polar surface area (TPSA) is 396 Å². The second-order valence-corrected chi connectivity index (χ2v) is 21.9. The first-order valence-electron chi connectivity index (χ1n) is 22.3. The first-order chi connectivity index (χ1) is 35.0. The molecule has 0 saturated carbocycles. The van der Waals surface area contributed by atoms with Crippen molar-refractivity contribution in [3.8, 4) is 0 Å². The van der Waals surface area contributed by atoms with Crippen LogP contribution >= 0.6 is 38.1 Å². The summed E-state index contributed by atoms with van der Waals surface area (Å²) in [5, 5.41) is 28.2. The Hall–Kier alpha value is -4.80. The number of amides is 4. The summed E-state index contributed by atoms with van der Waals surface area (Å²) in [6.45, 7) is -8.11.